The predicted octanol–water partition coefficient (Wildman–Crippen LogP) is 3.93. The maximum Gasteiger partial charge on any atom is 0.305 e. The van der Waals surface area contributed by atoms with Gasteiger partial charge in [-0.3, -0.25) is 9.59 Å². The third kappa shape index (κ3) is 28.6. The zero-order valence-corrected chi connectivity index (χ0v) is 39.1. The van der Waals surface area contributed by atoms with Crippen molar-refractivity contribution in [3.63, 3.8) is 0 Å². The van der Waals surface area contributed by atoms with Gasteiger partial charge in [-0.15, -0.1) is 0 Å². The summed E-state index contributed by atoms with van der Waals surface area (Å²) in [7, 11) is -2.55. The molecule has 360 valence electrons. The lowest BCUT2D eigenvalue weighted by Crippen LogP contribution is -2.66. The third-order valence-corrected chi connectivity index (χ3v) is 14.2. The van der Waals surface area contributed by atoms with Gasteiger partial charge in [-0.2, -0.15) is 0 Å². The fraction of sp³-hybridized carbons (Fsp3) is 0.696. The Morgan fingerprint density at radius 2 is 0.683 bits per heavy atom. The molecular weight excluding hydrogens is 837 g/mol. The number of ether oxygens (including phenoxy) is 12. The Kier molecular flexibility index (Phi) is 34.3. The molecule has 0 unspecified atom stereocenters. The van der Waals surface area contributed by atoms with Gasteiger partial charge in [0, 0.05) is 12.8 Å². The molecule has 0 fully saturated rings. The van der Waals surface area contributed by atoms with Gasteiger partial charge in [-0.25, -0.2) is 0 Å². The van der Waals surface area contributed by atoms with Crippen LogP contribution in [0.25, 0.3) is 0 Å². The van der Waals surface area contributed by atoms with Gasteiger partial charge in [0.15, 0.2) is 0 Å². The van der Waals surface area contributed by atoms with Gasteiger partial charge >= 0.3 is 11.9 Å². The Labute approximate surface area is 376 Å². The molecule has 0 saturated carbocycles. The van der Waals surface area contributed by atoms with Gasteiger partial charge in [0.25, 0.3) is 8.32 Å². The summed E-state index contributed by atoms with van der Waals surface area (Å²) in [6, 6.07) is 21.2. The number of hydrogen-bond donors (Lipinski definition) is 1. The van der Waals surface area contributed by atoms with Crippen LogP contribution in [0.4, 0.5) is 0 Å². The van der Waals surface area contributed by atoms with Crippen LogP contribution in [0.1, 0.15) is 46.5 Å². The summed E-state index contributed by atoms with van der Waals surface area (Å²) < 4.78 is 72.8. The number of carboxylic acid groups (broad SMARTS) is 1. The molecule has 0 atom stereocenters. The Morgan fingerprint density at radius 3 is 0.968 bits per heavy atom. The molecule has 0 aliphatic heterocycles. The number of hydrogen-bond acceptors (Lipinski definition) is 15. The van der Waals surface area contributed by atoms with E-state index in [2.05, 4.69) is 69.3 Å². The van der Waals surface area contributed by atoms with Crippen molar-refractivity contribution in [3.8, 4) is 0 Å². The quantitative estimate of drug-likeness (QED) is 0.0575. The SMILES string of the molecule is CC(C)(C)[Si](OCCOCCOCCOCCOCCOCCOCCOCCOCCOCCOCCOCCOC(=O)CCCCC(=O)O)(c1ccccc1)c1ccccc1. The van der Waals surface area contributed by atoms with Crippen molar-refractivity contribution < 1.29 is 76.0 Å². The molecule has 0 aliphatic rings. The molecule has 0 amide bonds. The number of aliphatic carboxylic acids is 1. The van der Waals surface area contributed by atoms with E-state index in [4.69, 9.17) is 66.4 Å². The van der Waals surface area contributed by atoms with E-state index in [1.54, 1.807) is 0 Å². The number of carbonyl (C=O) groups excluding carboxylic acids is 1. The van der Waals surface area contributed by atoms with Crippen LogP contribution in [0.5, 0.6) is 0 Å². The van der Waals surface area contributed by atoms with E-state index in [9.17, 15) is 9.59 Å². The summed E-state index contributed by atoms with van der Waals surface area (Å²) in [5.41, 5.74) is 0. The number of unbranched alkanes of at least 4 members (excludes halogenated alkanes) is 1. The first kappa shape index (κ1) is 56.2. The standard InChI is InChI=1S/C46H76O16Si/c1-46(2,3)63(42-12-6-4-7-13-42,43-14-8-5-9-15-43)62-41-39-60-37-35-58-33-31-56-29-27-54-25-23-52-21-19-50-18-20-51-22-24-53-26-28-55-30-32-57-34-36-59-38-40-61-45(49)17-11-10-16-44(47)48/h4-9,12-15H,10-11,16-41H2,1-3H3,(H,47,48). The van der Waals surface area contributed by atoms with Crippen molar-refractivity contribution >= 4 is 30.6 Å². The summed E-state index contributed by atoms with van der Waals surface area (Å²) in [6.45, 7) is 17.6. The fourth-order valence-corrected chi connectivity index (χ4v) is 10.7. The molecule has 0 aromatic heterocycles. The zero-order chi connectivity index (χ0) is 45.4. The first-order chi connectivity index (χ1) is 30.8. The van der Waals surface area contributed by atoms with E-state index in [1.165, 1.54) is 10.4 Å². The molecule has 0 radical (unpaired) electrons. The number of benzene rings is 2. The molecule has 0 spiro atoms. The van der Waals surface area contributed by atoms with Crippen LogP contribution in [-0.2, 0) is 70.9 Å². The Morgan fingerprint density at radius 1 is 0.413 bits per heavy atom. The molecule has 2 aromatic carbocycles. The smallest absolute Gasteiger partial charge is 0.305 e. The molecule has 0 bridgehead atoms. The summed E-state index contributed by atoms with van der Waals surface area (Å²) >= 11 is 0. The van der Waals surface area contributed by atoms with Gasteiger partial charge in [-0.05, 0) is 28.3 Å². The number of carboxylic acids is 1. The van der Waals surface area contributed by atoms with Crippen LogP contribution in [0.2, 0.25) is 5.04 Å². The Bertz CT molecular complexity index is 1310. The fourth-order valence-electron chi connectivity index (χ4n) is 6.15. The minimum Gasteiger partial charge on any atom is -0.481 e. The van der Waals surface area contributed by atoms with Gasteiger partial charge in [0.05, 0.1) is 152 Å². The highest BCUT2D eigenvalue weighted by Gasteiger charge is 2.50. The lowest BCUT2D eigenvalue weighted by atomic mass is 10.2. The maximum absolute atomic E-state index is 11.5. The monoisotopic (exact) mass is 912 g/mol. The second kappa shape index (κ2) is 38.4. The third-order valence-electron chi connectivity index (χ3n) is 9.20. The number of esters is 1. The maximum atomic E-state index is 11.5. The van der Waals surface area contributed by atoms with Crippen LogP contribution in [-0.4, -0.2) is 184 Å². The normalized spacial score (nSPS) is 11.9. The van der Waals surface area contributed by atoms with Crippen molar-refractivity contribution in [1.29, 1.82) is 0 Å². The minimum atomic E-state index is -2.55. The molecule has 2 aromatic rings. The summed E-state index contributed by atoms with van der Waals surface area (Å²) in [5, 5.41) is 11.0. The minimum absolute atomic E-state index is 0.0570. The van der Waals surface area contributed by atoms with Crippen LogP contribution >= 0.6 is 0 Å². The van der Waals surface area contributed by atoms with E-state index >= 15 is 0 Å². The average Bonchev–Trinajstić information content (AvgIpc) is 3.27. The van der Waals surface area contributed by atoms with Crippen LogP contribution < -0.4 is 10.4 Å². The van der Waals surface area contributed by atoms with E-state index in [0.29, 0.717) is 158 Å². The highest BCUT2D eigenvalue weighted by molar-refractivity contribution is 6.99. The van der Waals surface area contributed by atoms with Crippen LogP contribution in [0, 0.1) is 0 Å². The first-order valence-electron chi connectivity index (χ1n) is 22.2. The van der Waals surface area contributed by atoms with Crippen molar-refractivity contribution in [3.05, 3.63) is 60.7 Å². The topological polar surface area (TPSA) is 174 Å². The molecule has 0 saturated heterocycles. The van der Waals surface area contributed by atoms with Crippen LogP contribution in [0.3, 0.4) is 0 Å². The predicted molar refractivity (Wildman–Crippen MR) is 240 cm³/mol. The van der Waals surface area contributed by atoms with E-state index in [0.717, 1.165) is 0 Å². The second-order valence-corrected chi connectivity index (χ2v) is 19.4. The van der Waals surface area contributed by atoms with E-state index < -0.39 is 14.3 Å². The highest BCUT2D eigenvalue weighted by Crippen LogP contribution is 2.36. The molecule has 0 heterocycles. The molecule has 63 heavy (non-hydrogen) atoms. The van der Waals surface area contributed by atoms with Crippen molar-refractivity contribution in [2.24, 2.45) is 0 Å². The number of carbonyl (C=O) groups is 2. The highest BCUT2D eigenvalue weighted by atomic mass is 28.4. The van der Waals surface area contributed by atoms with Gasteiger partial charge < -0.3 is 66.4 Å². The lowest BCUT2D eigenvalue weighted by Gasteiger charge is -2.43. The summed E-state index contributed by atoms with van der Waals surface area (Å²) in [6.07, 6.45) is 1.22. The van der Waals surface area contributed by atoms with Gasteiger partial charge in [0.2, 0.25) is 0 Å². The largest absolute Gasteiger partial charge is 0.481 e. The van der Waals surface area contributed by atoms with Crippen molar-refractivity contribution in [1.82, 2.24) is 0 Å². The zero-order valence-electron chi connectivity index (χ0n) is 38.1. The second-order valence-electron chi connectivity index (χ2n) is 15.1. The molecule has 2 rings (SSSR count). The molecular formula is C46H76O16Si. The summed E-state index contributed by atoms with van der Waals surface area (Å²) in [5.74, 6) is -1.21. The van der Waals surface area contributed by atoms with Gasteiger partial charge in [-0.1, -0.05) is 81.4 Å². The van der Waals surface area contributed by atoms with Crippen molar-refractivity contribution in [2.75, 3.05) is 159 Å². The lowest BCUT2D eigenvalue weighted by molar-refractivity contribution is -0.146. The first-order valence-corrected chi connectivity index (χ1v) is 24.2. The molecule has 17 heteroatoms. The van der Waals surface area contributed by atoms with Crippen LogP contribution in [0.15, 0.2) is 60.7 Å². The Balaban J connectivity index is 1.24. The number of rotatable bonds is 44. The average molecular weight is 913 g/mol. The molecule has 16 nitrogen and oxygen atoms in total. The summed E-state index contributed by atoms with van der Waals surface area (Å²) in [4.78, 5) is 22.0. The van der Waals surface area contributed by atoms with E-state index in [-0.39, 0.29) is 37.1 Å². The van der Waals surface area contributed by atoms with Gasteiger partial charge in [0.1, 0.15) is 6.61 Å². The van der Waals surface area contributed by atoms with Crippen molar-refractivity contribution in [2.45, 2.75) is 51.5 Å². The van der Waals surface area contributed by atoms with E-state index in [1.807, 2.05) is 12.1 Å². The molecule has 1 N–H and O–H groups in total. The Hall–Kier alpha value is -2.88. The molecule has 0 aliphatic carbocycles.